The van der Waals surface area contributed by atoms with Crippen molar-refractivity contribution in [1.82, 2.24) is 4.90 Å². The number of hydrogen-bond donors (Lipinski definition) is 1. The van der Waals surface area contributed by atoms with Gasteiger partial charge in [0.2, 0.25) is 0 Å². The van der Waals surface area contributed by atoms with Crippen LogP contribution in [-0.4, -0.2) is 42.2 Å². The first-order valence-corrected chi connectivity index (χ1v) is 6.67. The molecule has 0 fully saturated rings. The highest BCUT2D eigenvalue weighted by molar-refractivity contribution is 5.77. The number of benzene rings is 1. The van der Waals surface area contributed by atoms with Gasteiger partial charge in [0.15, 0.2) is 6.61 Å². The number of nitrogens with zero attached hydrogens (tertiary/aromatic N) is 1. The Morgan fingerprint density at radius 1 is 1.32 bits per heavy atom. The van der Waals surface area contributed by atoms with Crippen molar-refractivity contribution in [3.63, 3.8) is 0 Å². The van der Waals surface area contributed by atoms with E-state index in [4.69, 9.17) is 9.84 Å². The minimum Gasteiger partial charge on any atom is -0.483 e. The minimum atomic E-state index is -0.0863. The molecule has 1 aromatic carbocycles. The Kier molecular flexibility index (Phi) is 6.36. The number of amides is 1. The van der Waals surface area contributed by atoms with Gasteiger partial charge in [0.1, 0.15) is 5.75 Å². The molecule has 0 heterocycles. The number of aryl methyl sites for hydroxylation is 2. The maximum absolute atomic E-state index is 12.0. The highest BCUT2D eigenvalue weighted by atomic mass is 16.5. The lowest BCUT2D eigenvalue weighted by Gasteiger charge is -2.21. The van der Waals surface area contributed by atoms with Crippen LogP contribution in [0.3, 0.4) is 0 Å². The second-order valence-corrected chi connectivity index (χ2v) is 4.66. The fourth-order valence-electron chi connectivity index (χ4n) is 1.85. The number of hydrogen-bond acceptors (Lipinski definition) is 3. The summed E-state index contributed by atoms with van der Waals surface area (Å²) >= 11 is 0. The van der Waals surface area contributed by atoms with E-state index in [0.717, 1.165) is 23.3 Å². The summed E-state index contributed by atoms with van der Waals surface area (Å²) in [6.45, 7) is 6.96. The third kappa shape index (κ3) is 4.91. The zero-order valence-electron chi connectivity index (χ0n) is 12.0. The number of aliphatic hydroxyl groups is 1. The van der Waals surface area contributed by atoms with Crippen molar-refractivity contribution in [1.29, 1.82) is 0 Å². The summed E-state index contributed by atoms with van der Waals surface area (Å²) in [5, 5.41) is 8.94. The summed E-state index contributed by atoms with van der Waals surface area (Å²) in [7, 11) is 0. The van der Waals surface area contributed by atoms with E-state index in [0.29, 0.717) is 13.1 Å². The summed E-state index contributed by atoms with van der Waals surface area (Å²) in [4.78, 5) is 13.6. The van der Waals surface area contributed by atoms with Gasteiger partial charge < -0.3 is 14.7 Å². The Morgan fingerprint density at radius 3 is 2.68 bits per heavy atom. The summed E-state index contributed by atoms with van der Waals surface area (Å²) in [5.74, 6) is 0.658. The average molecular weight is 265 g/mol. The van der Waals surface area contributed by atoms with E-state index in [1.165, 1.54) is 0 Å². The highest BCUT2D eigenvalue weighted by Crippen LogP contribution is 2.19. The van der Waals surface area contributed by atoms with Crippen molar-refractivity contribution in [3.8, 4) is 5.75 Å². The van der Waals surface area contributed by atoms with Crippen LogP contribution in [0.25, 0.3) is 0 Å². The molecule has 1 N–H and O–H groups in total. The number of ether oxygens (including phenoxy) is 1. The Morgan fingerprint density at radius 2 is 2.05 bits per heavy atom. The first-order valence-electron chi connectivity index (χ1n) is 6.67. The third-order valence-corrected chi connectivity index (χ3v) is 2.91. The van der Waals surface area contributed by atoms with Gasteiger partial charge >= 0.3 is 0 Å². The van der Waals surface area contributed by atoms with Gasteiger partial charge in [-0.25, -0.2) is 0 Å². The lowest BCUT2D eigenvalue weighted by atomic mass is 10.1. The zero-order valence-corrected chi connectivity index (χ0v) is 12.0. The summed E-state index contributed by atoms with van der Waals surface area (Å²) in [5.41, 5.74) is 2.12. The molecule has 0 spiro atoms. The molecule has 0 unspecified atom stereocenters. The maximum atomic E-state index is 12.0. The average Bonchev–Trinajstić information content (AvgIpc) is 2.39. The molecule has 1 rings (SSSR count). The van der Waals surface area contributed by atoms with Gasteiger partial charge in [-0.15, -0.1) is 0 Å². The van der Waals surface area contributed by atoms with Crippen LogP contribution in [0, 0.1) is 13.8 Å². The lowest BCUT2D eigenvalue weighted by molar-refractivity contribution is -0.133. The molecule has 0 aromatic heterocycles. The monoisotopic (exact) mass is 265 g/mol. The molecule has 19 heavy (non-hydrogen) atoms. The van der Waals surface area contributed by atoms with Crippen LogP contribution in [0.15, 0.2) is 18.2 Å². The second kappa shape index (κ2) is 7.79. The van der Waals surface area contributed by atoms with Crippen molar-refractivity contribution in [2.75, 3.05) is 26.3 Å². The topological polar surface area (TPSA) is 49.8 Å². The maximum Gasteiger partial charge on any atom is 0.260 e. The number of carbonyl (C=O) groups excluding carboxylic acids is 1. The highest BCUT2D eigenvalue weighted by Gasteiger charge is 2.13. The van der Waals surface area contributed by atoms with Crippen LogP contribution >= 0.6 is 0 Å². The van der Waals surface area contributed by atoms with Gasteiger partial charge in [-0.1, -0.05) is 19.1 Å². The van der Waals surface area contributed by atoms with Crippen molar-refractivity contribution in [3.05, 3.63) is 29.3 Å². The normalized spacial score (nSPS) is 10.3. The summed E-state index contributed by atoms with van der Waals surface area (Å²) in [6, 6.07) is 5.92. The molecule has 0 atom stereocenters. The first-order chi connectivity index (χ1) is 9.08. The number of aliphatic hydroxyl groups excluding tert-OH is 1. The zero-order chi connectivity index (χ0) is 14.3. The Labute approximate surface area is 115 Å². The molecule has 0 saturated heterocycles. The molecular formula is C15H23NO3. The minimum absolute atomic E-state index is 0.0181. The van der Waals surface area contributed by atoms with Gasteiger partial charge in [-0.05, 0) is 37.5 Å². The molecule has 0 aliphatic carbocycles. The second-order valence-electron chi connectivity index (χ2n) is 4.66. The first kappa shape index (κ1) is 15.5. The van der Waals surface area contributed by atoms with E-state index in [2.05, 4.69) is 0 Å². The molecule has 0 aliphatic heterocycles. The van der Waals surface area contributed by atoms with Gasteiger partial charge in [0.05, 0.1) is 6.61 Å². The quantitative estimate of drug-likeness (QED) is 0.819. The fourth-order valence-corrected chi connectivity index (χ4v) is 1.85. The van der Waals surface area contributed by atoms with Crippen molar-refractivity contribution in [2.24, 2.45) is 0 Å². The van der Waals surface area contributed by atoms with Gasteiger partial charge in [0.25, 0.3) is 5.91 Å². The third-order valence-electron chi connectivity index (χ3n) is 2.91. The molecule has 4 nitrogen and oxygen atoms in total. The van der Waals surface area contributed by atoms with Crippen molar-refractivity contribution >= 4 is 5.91 Å². The van der Waals surface area contributed by atoms with Gasteiger partial charge in [-0.2, -0.15) is 0 Å². The Bertz CT molecular complexity index is 412. The SMILES string of the molecule is CCCN(CCO)C(=O)COc1cc(C)ccc1C. The van der Waals surface area contributed by atoms with Crippen LogP contribution in [0.2, 0.25) is 0 Å². The molecule has 0 radical (unpaired) electrons. The van der Waals surface area contributed by atoms with E-state index in [-0.39, 0.29) is 19.1 Å². The van der Waals surface area contributed by atoms with Crippen molar-refractivity contribution < 1.29 is 14.6 Å². The predicted molar refractivity (Wildman–Crippen MR) is 75.4 cm³/mol. The molecule has 0 aliphatic rings. The van der Waals surface area contributed by atoms with Crippen LogP contribution in [-0.2, 0) is 4.79 Å². The number of rotatable bonds is 7. The number of carbonyl (C=O) groups is 1. The van der Waals surface area contributed by atoms with Crippen molar-refractivity contribution in [2.45, 2.75) is 27.2 Å². The molecule has 106 valence electrons. The van der Waals surface area contributed by atoms with E-state index >= 15 is 0 Å². The van der Waals surface area contributed by atoms with Crippen LogP contribution in [0.5, 0.6) is 5.75 Å². The Hall–Kier alpha value is -1.55. The standard InChI is InChI=1S/C15H23NO3/c1-4-7-16(8-9-17)15(18)11-19-14-10-12(2)5-6-13(14)3/h5-6,10,17H,4,7-9,11H2,1-3H3. The molecule has 4 heteroatoms. The van der Waals surface area contributed by atoms with E-state index in [1.54, 1.807) is 4.90 Å². The molecule has 0 bridgehead atoms. The Balaban J connectivity index is 2.59. The van der Waals surface area contributed by atoms with E-state index < -0.39 is 0 Å². The molecule has 0 saturated carbocycles. The summed E-state index contributed by atoms with van der Waals surface area (Å²) < 4.78 is 5.58. The molecule has 1 aromatic rings. The smallest absolute Gasteiger partial charge is 0.260 e. The van der Waals surface area contributed by atoms with Crippen LogP contribution in [0.4, 0.5) is 0 Å². The predicted octanol–water partition coefficient (Wildman–Crippen LogP) is 1.91. The summed E-state index contributed by atoms with van der Waals surface area (Å²) in [6.07, 6.45) is 0.870. The lowest BCUT2D eigenvalue weighted by Crippen LogP contribution is -2.37. The fraction of sp³-hybridized carbons (Fsp3) is 0.533. The van der Waals surface area contributed by atoms with E-state index in [9.17, 15) is 4.79 Å². The van der Waals surface area contributed by atoms with E-state index in [1.807, 2.05) is 39.0 Å². The van der Waals surface area contributed by atoms with Gasteiger partial charge in [0, 0.05) is 13.1 Å². The van der Waals surface area contributed by atoms with Crippen LogP contribution < -0.4 is 4.74 Å². The van der Waals surface area contributed by atoms with Crippen LogP contribution in [0.1, 0.15) is 24.5 Å². The molecule has 1 amide bonds. The molecular weight excluding hydrogens is 242 g/mol. The largest absolute Gasteiger partial charge is 0.483 e. The van der Waals surface area contributed by atoms with Gasteiger partial charge in [-0.3, -0.25) is 4.79 Å².